The Bertz CT molecular complexity index is 1080. The van der Waals surface area contributed by atoms with Crippen LogP contribution in [-0.4, -0.2) is 17.1 Å². The Kier molecular flexibility index (Phi) is 5.78. The molecule has 0 unspecified atom stereocenters. The van der Waals surface area contributed by atoms with E-state index >= 15 is 0 Å². The Morgan fingerprint density at radius 3 is 2.24 bits per heavy atom. The van der Waals surface area contributed by atoms with Crippen molar-refractivity contribution in [3.05, 3.63) is 108 Å². The number of anilines is 1. The van der Waals surface area contributed by atoms with Gasteiger partial charge in [0.15, 0.2) is 0 Å². The van der Waals surface area contributed by atoms with Crippen LogP contribution in [0.3, 0.4) is 0 Å². The molecule has 0 atom stereocenters. The molecular weight excluding hydrogens is 356 g/mol. The van der Waals surface area contributed by atoms with Crippen molar-refractivity contribution in [2.24, 2.45) is 0 Å². The molecular formula is C26H26N2O. The van der Waals surface area contributed by atoms with Gasteiger partial charge in [0.05, 0.1) is 0 Å². The van der Waals surface area contributed by atoms with Crippen LogP contribution < -0.4 is 5.32 Å². The molecule has 0 saturated heterocycles. The van der Waals surface area contributed by atoms with Crippen molar-refractivity contribution in [3.8, 4) is 5.75 Å². The first-order valence-corrected chi connectivity index (χ1v) is 9.94. The molecule has 4 rings (SSSR count). The first-order chi connectivity index (χ1) is 14.2. The molecule has 0 aliphatic carbocycles. The summed E-state index contributed by atoms with van der Waals surface area (Å²) in [7, 11) is 2.16. The molecule has 0 radical (unpaired) electrons. The maximum absolute atomic E-state index is 9.87. The third-order valence-corrected chi connectivity index (χ3v) is 5.20. The molecule has 146 valence electrons. The van der Waals surface area contributed by atoms with E-state index in [9.17, 15) is 5.11 Å². The lowest BCUT2D eigenvalue weighted by Crippen LogP contribution is -2.17. The van der Waals surface area contributed by atoms with Crippen molar-refractivity contribution >= 4 is 16.5 Å². The van der Waals surface area contributed by atoms with Crippen LogP contribution in [-0.2, 0) is 19.6 Å². The van der Waals surface area contributed by atoms with Crippen LogP contribution in [0.1, 0.15) is 16.7 Å². The molecule has 4 aromatic carbocycles. The molecule has 29 heavy (non-hydrogen) atoms. The van der Waals surface area contributed by atoms with Crippen molar-refractivity contribution in [2.75, 3.05) is 12.4 Å². The van der Waals surface area contributed by atoms with Crippen LogP contribution in [0.25, 0.3) is 10.8 Å². The van der Waals surface area contributed by atoms with Gasteiger partial charge in [-0.1, -0.05) is 72.8 Å². The SMILES string of the molecule is CN(Cc1ccc(NCc2ccccc2O)cc1)Cc1cccc2ccccc12. The highest BCUT2D eigenvalue weighted by atomic mass is 16.3. The van der Waals surface area contributed by atoms with Crippen LogP contribution in [0.2, 0.25) is 0 Å². The number of rotatable bonds is 7. The number of hydrogen-bond acceptors (Lipinski definition) is 3. The summed E-state index contributed by atoms with van der Waals surface area (Å²) < 4.78 is 0. The molecule has 0 amide bonds. The lowest BCUT2D eigenvalue weighted by Gasteiger charge is -2.18. The maximum atomic E-state index is 9.87. The summed E-state index contributed by atoms with van der Waals surface area (Å²) in [6.07, 6.45) is 0. The number of nitrogens with one attached hydrogen (secondary N) is 1. The summed E-state index contributed by atoms with van der Waals surface area (Å²) in [4.78, 5) is 2.34. The van der Waals surface area contributed by atoms with Crippen LogP contribution in [0.15, 0.2) is 91.0 Å². The van der Waals surface area contributed by atoms with Gasteiger partial charge in [0.1, 0.15) is 5.75 Å². The van der Waals surface area contributed by atoms with Crippen molar-refractivity contribution in [1.82, 2.24) is 4.90 Å². The van der Waals surface area contributed by atoms with E-state index in [1.807, 2.05) is 18.2 Å². The van der Waals surface area contributed by atoms with Gasteiger partial charge in [0, 0.05) is 30.9 Å². The van der Waals surface area contributed by atoms with Gasteiger partial charge in [-0.15, -0.1) is 0 Å². The number of phenolic OH excluding ortho intramolecular Hbond substituents is 1. The minimum Gasteiger partial charge on any atom is -0.508 e. The Labute approximate surface area is 172 Å². The first kappa shape index (κ1) is 19.0. The number of hydrogen-bond donors (Lipinski definition) is 2. The summed E-state index contributed by atoms with van der Waals surface area (Å²) in [5.41, 5.74) is 4.58. The number of aromatic hydroxyl groups is 1. The summed E-state index contributed by atoms with van der Waals surface area (Å²) in [5, 5.41) is 15.9. The molecule has 0 aliphatic heterocycles. The van der Waals surface area contributed by atoms with E-state index in [1.165, 1.54) is 21.9 Å². The van der Waals surface area contributed by atoms with Crippen LogP contribution in [0.4, 0.5) is 5.69 Å². The zero-order chi connectivity index (χ0) is 20.1. The summed E-state index contributed by atoms with van der Waals surface area (Å²) in [6.45, 7) is 2.41. The van der Waals surface area contributed by atoms with Gasteiger partial charge >= 0.3 is 0 Å². The zero-order valence-electron chi connectivity index (χ0n) is 16.7. The molecule has 3 heteroatoms. The molecule has 0 fully saturated rings. The fraction of sp³-hybridized carbons (Fsp3) is 0.154. The Morgan fingerprint density at radius 1 is 0.724 bits per heavy atom. The smallest absolute Gasteiger partial charge is 0.120 e. The average molecular weight is 383 g/mol. The number of nitrogens with zero attached hydrogens (tertiary/aromatic N) is 1. The molecule has 0 spiro atoms. The molecule has 0 bridgehead atoms. The van der Waals surface area contributed by atoms with Crippen molar-refractivity contribution in [1.29, 1.82) is 0 Å². The molecule has 0 aromatic heterocycles. The molecule has 0 saturated carbocycles. The second kappa shape index (κ2) is 8.80. The van der Waals surface area contributed by atoms with Gasteiger partial charge < -0.3 is 10.4 Å². The van der Waals surface area contributed by atoms with E-state index in [2.05, 4.69) is 84.0 Å². The summed E-state index contributed by atoms with van der Waals surface area (Å²) in [6, 6.07) is 31.0. The first-order valence-electron chi connectivity index (χ1n) is 9.94. The fourth-order valence-electron chi connectivity index (χ4n) is 3.67. The van der Waals surface area contributed by atoms with Crippen molar-refractivity contribution in [3.63, 3.8) is 0 Å². The van der Waals surface area contributed by atoms with Crippen LogP contribution >= 0.6 is 0 Å². The molecule has 3 nitrogen and oxygen atoms in total. The van der Waals surface area contributed by atoms with Gasteiger partial charge in [0.25, 0.3) is 0 Å². The van der Waals surface area contributed by atoms with E-state index in [4.69, 9.17) is 0 Å². The molecule has 4 aromatic rings. The normalized spacial score (nSPS) is 11.1. The monoisotopic (exact) mass is 382 g/mol. The largest absolute Gasteiger partial charge is 0.508 e. The molecule has 0 aliphatic rings. The predicted molar refractivity (Wildman–Crippen MR) is 121 cm³/mol. The van der Waals surface area contributed by atoms with Crippen molar-refractivity contribution < 1.29 is 5.11 Å². The number of fused-ring (bicyclic) bond motifs is 1. The lowest BCUT2D eigenvalue weighted by molar-refractivity contribution is 0.320. The molecule has 2 N–H and O–H groups in total. The van der Waals surface area contributed by atoms with Crippen molar-refractivity contribution in [2.45, 2.75) is 19.6 Å². The standard InChI is InChI=1S/C26H26N2O/c1-28(19-23-10-6-9-21-7-2-4-11-25(21)23)18-20-13-15-24(16-14-20)27-17-22-8-3-5-12-26(22)29/h2-16,27,29H,17-19H2,1H3. The predicted octanol–water partition coefficient (Wildman–Crippen LogP) is 5.79. The highest BCUT2D eigenvalue weighted by Gasteiger charge is 2.06. The third kappa shape index (κ3) is 4.76. The van der Waals surface area contributed by atoms with Crippen LogP contribution in [0, 0.1) is 0 Å². The lowest BCUT2D eigenvalue weighted by atomic mass is 10.0. The maximum Gasteiger partial charge on any atom is 0.120 e. The number of phenols is 1. The highest BCUT2D eigenvalue weighted by molar-refractivity contribution is 5.85. The van der Waals surface area contributed by atoms with Crippen LogP contribution in [0.5, 0.6) is 5.75 Å². The highest BCUT2D eigenvalue weighted by Crippen LogP contribution is 2.21. The Morgan fingerprint density at radius 2 is 1.41 bits per heavy atom. The minimum atomic E-state index is 0.326. The number of para-hydroxylation sites is 1. The van der Waals surface area contributed by atoms with E-state index in [-0.39, 0.29) is 0 Å². The van der Waals surface area contributed by atoms with Gasteiger partial charge in [-0.2, -0.15) is 0 Å². The van der Waals surface area contributed by atoms with Gasteiger partial charge in [-0.3, -0.25) is 4.90 Å². The topological polar surface area (TPSA) is 35.5 Å². The molecule has 0 heterocycles. The average Bonchev–Trinajstić information content (AvgIpc) is 2.74. The number of benzene rings is 4. The summed E-state index contributed by atoms with van der Waals surface area (Å²) in [5.74, 6) is 0.326. The van der Waals surface area contributed by atoms with Gasteiger partial charge in [-0.05, 0) is 47.1 Å². The van der Waals surface area contributed by atoms with E-state index in [1.54, 1.807) is 6.07 Å². The quantitative estimate of drug-likeness (QED) is 0.425. The van der Waals surface area contributed by atoms with Gasteiger partial charge in [0.2, 0.25) is 0 Å². The fourth-order valence-corrected chi connectivity index (χ4v) is 3.67. The second-order valence-electron chi connectivity index (χ2n) is 7.49. The Balaban J connectivity index is 1.36. The second-order valence-corrected chi connectivity index (χ2v) is 7.49. The summed E-state index contributed by atoms with van der Waals surface area (Å²) >= 11 is 0. The minimum absolute atomic E-state index is 0.326. The van der Waals surface area contributed by atoms with Gasteiger partial charge in [-0.25, -0.2) is 0 Å². The Hall–Kier alpha value is -3.30. The van der Waals surface area contributed by atoms with E-state index < -0.39 is 0 Å². The van der Waals surface area contributed by atoms with E-state index in [0.717, 1.165) is 24.3 Å². The zero-order valence-corrected chi connectivity index (χ0v) is 16.7. The third-order valence-electron chi connectivity index (χ3n) is 5.20. The van der Waals surface area contributed by atoms with E-state index in [0.29, 0.717) is 12.3 Å².